The summed E-state index contributed by atoms with van der Waals surface area (Å²) in [6.07, 6.45) is 0.999. The van der Waals surface area contributed by atoms with Crippen LogP contribution in [-0.4, -0.2) is 5.11 Å². The monoisotopic (exact) mass is 224 g/mol. The molecule has 0 fully saturated rings. The third-order valence-electron chi connectivity index (χ3n) is 3.57. The SMILES string of the molecule is CC(C)c1cc(O)cc2c1Cc1ccccc1-2. The van der Waals surface area contributed by atoms with Crippen molar-refractivity contribution in [2.75, 3.05) is 0 Å². The molecule has 0 heterocycles. The molecule has 2 aromatic carbocycles. The summed E-state index contributed by atoms with van der Waals surface area (Å²) in [5.74, 6) is 0.828. The Bertz CT molecular complexity index is 582. The van der Waals surface area contributed by atoms with Gasteiger partial charge in [0.1, 0.15) is 5.75 Å². The molecule has 1 N–H and O–H groups in total. The first-order valence-corrected chi connectivity index (χ1v) is 6.11. The molecule has 0 aliphatic heterocycles. The van der Waals surface area contributed by atoms with Crippen molar-refractivity contribution in [3.63, 3.8) is 0 Å². The predicted molar refractivity (Wildman–Crippen MR) is 70.4 cm³/mol. The molecule has 2 aromatic rings. The highest BCUT2D eigenvalue weighted by Crippen LogP contribution is 2.42. The molecule has 1 aliphatic carbocycles. The molecule has 0 bridgehead atoms. The molecule has 0 radical (unpaired) electrons. The first-order valence-electron chi connectivity index (χ1n) is 6.11. The van der Waals surface area contributed by atoms with Crippen LogP contribution in [0.15, 0.2) is 36.4 Å². The van der Waals surface area contributed by atoms with Crippen LogP contribution in [0, 0.1) is 0 Å². The van der Waals surface area contributed by atoms with Gasteiger partial charge in [0.05, 0.1) is 0 Å². The Labute approximate surface area is 102 Å². The van der Waals surface area contributed by atoms with Crippen molar-refractivity contribution in [3.8, 4) is 16.9 Å². The highest BCUT2D eigenvalue weighted by Gasteiger charge is 2.22. The molecule has 1 heteroatoms. The van der Waals surface area contributed by atoms with E-state index in [1.807, 2.05) is 12.1 Å². The van der Waals surface area contributed by atoms with E-state index in [9.17, 15) is 5.11 Å². The fourth-order valence-electron chi connectivity index (χ4n) is 2.76. The fraction of sp³-hybridized carbons (Fsp3) is 0.250. The van der Waals surface area contributed by atoms with Crippen LogP contribution in [0.1, 0.15) is 36.5 Å². The molecule has 17 heavy (non-hydrogen) atoms. The zero-order valence-corrected chi connectivity index (χ0v) is 10.2. The lowest BCUT2D eigenvalue weighted by Crippen LogP contribution is -1.95. The number of benzene rings is 2. The lowest BCUT2D eigenvalue weighted by Gasteiger charge is -2.12. The number of phenols is 1. The topological polar surface area (TPSA) is 20.2 Å². The lowest BCUT2D eigenvalue weighted by molar-refractivity contribution is 0.474. The number of phenolic OH excluding ortho intramolecular Hbond substituents is 1. The molecule has 0 aromatic heterocycles. The normalized spacial score (nSPS) is 12.6. The Morgan fingerprint density at radius 3 is 2.59 bits per heavy atom. The number of rotatable bonds is 1. The van der Waals surface area contributed by atoms with Gasteiger partial charge in [-0.3, -0.25) is 0 Å². The first kappa shape index (κ1) is 10.4. The maximum Gasteiger partial charge on any atom is 0.116 e. The van der Waals surface area contributed by atoms with E-state index in [1.54, 1.807) is 0 Å². The van der Waals surface area contributed by atoms with Gasteiger partial charge in [-0.15, -0.1) is 0 Å². The molecule has 0 spiro atoms. The summed E-state index contributed by atoms with van der Waals surface area (Å²) in [6.45, 7) is 4.36. The van der Waals surface area contributed by atoms with E-state index in [4.69, 9.17) is 0 Å². The van der Waals surface area contributed by atoms with Crippen LogP contribution >= 0.6 is 0 Å². The zero-order chi connectivity index (χ0) is 12.0. The van der Waals surface area contributed by atoms with Crippen LogP contribution in [0.25, 0.3) is 11.1 Å². The minimum Gasteiger partial charge on any atom is -0.508 e. The molecule has 3 rings (SSSR count). The van der Waals surface area contributed by atoms with Crippen LogP contribution in [-0.2, 0) is 6.42 Å². The standard InChI is InChI=1S/C16H16O/c1-10(2)14-8-12(17)9-16-13-6-4-3-5-11(13)7-15(14)16/h3-6,8-10,17H,7H2,1-2H3. The third kappa shape index (κ3) is 1.54. The third-order valence-corrected chi connectivity index (χ3v) is 3.57. The summed E-state index contributed by atoms with van der Waals surface area (Å²) in [4.78, 5) is 0. The zero-order valence-electron chi connectivity index (χ0n) is 10.2. The van der Waals surface area contributed by atoms with E-state index in [0.29, 0.717) is 11.7 Å². The Kier molecular flexibility index (Phi) is 2.22. The second kappa shape index (κ2) is 3.63. The van der Waals surface area contributed by atoms with Gasteiger partial charge in [0.2, 0.25) is 0 Å². The average Bonchev–Trinajstić information content (AvgIpc) is 2.66. The second-order valence-corrected chi connectivity index (χ2v) is 5.05. The minimum atomic E-state index is 0.379. The van der Waals surface area contributed by atoms with Gasteiger partial charge >= 0.3 is 0 Å². The van der Waals surface area contributed by atoms with Crippen molar-refractivity contribution in [1.29, 1.82) is 0 Å². The van der Waals surface area contributed by atoms with Crippen LogP contribution in [0.2, 0.25) is 0 Å². The van der Waals surface area contributed by atoms with Gasteiger partial charge in [-0.05, 0) is 52.3 Å². The van der Waals surface area contributed by atoms with E-state index >= 15 is 0 Å². The molecule has 86 valence electrons. The fourth-order valence-corrected chi connectivity index (χ4v) is 2.76. The van der Waals surface area contributed by atoms with Gasteiger partial charge in [0.15, 0.2) is 0 Å². The molecule has 0 saturated heterocycles. The van der Waals surface area contributed by atoms with E-state index in [0.717, 1.165) is 6.42 Å². The highest BCUT2D eigenvalue weighted by atomic mass is 16.3. The molecular formula is C16H16O. The highest BCUT2D eigenvalue weighted by molar-refractivity contribution is 5.79. The predicted octanol–water partition coefficient (Wildman–Crippen LogP) is 4.09. The molecule has 1 aliphatic rings. The van der Waals surface area contributed by atoms with Crippen LogP contribution in [0.3, 0.4) is 0 Å². The second-order valence-electron chi connectivity index (χ2n) is 5.05. The van der Waals surface area contributed by atoms with Gasteiger partial charge in [-0.25, -0.2) is 0 Å². The number of hydrogen-bond acceptors (Lipinski definition) is 1. The Balaban J connectivity index is 2.28. The quantitative estimate of drug-likeness (QED) is 0.660. The first-order chi connectivity index (χ1) is 8.16. The van der Waals surface area contributed by atoms with E-state index in [1.165, 1.54) is 27.8 Å². The maximum atomic E-state index is 9.85. The van der Waals surface area contributed by atoms with Gasteiger partial charge in [0.25, 0.3) is 0 Å². The summed E-state index contributed by atoms with van der Waals surface area (Å²) in [5, 5.41) is 9.85. The summed E-state index contributed by atoms with van der Waals surface area (Å²) in [5.41, 5.74) is 6.52. The largest absolute Gasteiger partial charge is 0.508 e. The average molecular weight is 224 g/mol. The van der Waals surface area contributed by atoms with E-state index < -0.39 is 0 Å². The summed E-state index contributed by atoms with van der Waals surface area (Å²) in [6, 6.07) is 12.3. The van der Waals surface area contributed by atoms with Crippen molar-refractivity contribution in [2.45, 2.75) is 26.2 Å². The smallest absolute Gasteiger partial charge is 0.116 e. The van der Waals surface area contributed by atoms with Gasteiger partial charge < -0.3 is 5.11 Å². The lowest BCUT2D eigenvalue weighted by atomic mass is 9.93. The molecule has 0 saturated carbocycles. The van der Waals surface area contributed by atoms with Crippen LogP contribution < -0.4 is 0 Å². The Hall–Kier alpha value is -1.76. The number of hydrogen-bond donors (Lipinski definition) is 1. The molecule has 1 nitrogen and oxygen atoms in total. The van der Waals surface area contributed by atoms with Gasteiger partial charge in [-0.1, -0.05) is 38.1 Å². The number of aromatic hydroxyl groups is 1. The van der Waals surface area contributed by atoms with E-state index in [-0.39, 0.29) is 0 Å². The Morgan fingerprint density at radius 2 is 1.82 bits per heavy atom. The van der Waals surface area contributed by atoms with Crippen LogP contribution in [0.5, 0.6) is 5.75 Å². The molecule has 0 unspecified atom stereocenters. The summed E-state index contributed by atoms with van der Waals surface area (Å²) < 4.78 is 0. The summed E-state index contributed by atoms with van der Waals surface area (Å²) >= 11 is 0. The Morgan fingerprint density at radius 1 is 1.06 bits per heavy atom. The van der Waals surface area contributed by atoms with Crippen molar-refractivity contribution in [1.82, 2.24) is 0 Å². The van der Waals surface area contributed by atoms with Crippen molar-refractivity contribution in [3.05, 3.63) is 53.1 Å². The van der Waals surface area contributed by atoms with Crippen molar-refractivity contribution >= 4 is 0 Å². The van der Waals surface area contributed by atoms with E-state index in [2.05, 4.69) is 38.1 Å². The summed E-state index contributed by atoms with van der Waals surface area (Å²) in [7, 11) is 0. The molecule has 0 atom stereocenters. The van der Waals surface area contributed by atoms with Crippen molar-refractivity contribution < 1.29 is 5.11 Å². The number of fused-ring (bicyclic) bond motifs is 3. The molecular weight excluding hydrogens is 208 g/mol. The van der Waals surface area contributed by atoms with Gasteiger partial charge in [0, 0.05) is 0 Å². The minimum absolute atomic E-state index is 0.379. The van der Waals surface area contributed by atoms with Crippen LogP contribution in [0.4, 0.5) is 0 Å². The molecule has 0 amide bonds. The van der Waals surface area contributed by atoms with Crippen molar-refractivity contribution in [2.24, 2.45) is 0 Å². The van der Waals surface area contributed by atoms with Gasteiger partial charge in [-0.2, -0.15) is 0 Å². The maximum absolute atomic E-state index is 9.85.